The van der Waals surface area contributed by atoms with Crippen molar-refractivity contribution >= 4 is 22.8 Å². The lowest BCUT2D eigenvalue weighted by Gasteiger charge is -1.97. The Balaban J connectivity index is 2.77. The molecular formula is C9H13NO2S. The molecule has 0 unspecified atom stereocenters. The number of nitrogen functional groups attached to an aromatic ring is 1. The summed E-state index contributed by atoms with van der Waals surface area (Å²) in [6, 6.07) is 1.99. The zero-order valence-electron chi connectivity index (χ0n) is 7.74. The van der Waals surface area contributed by atoms with Gasteiger partial charge in [-0.1, -0.05) is 13.8 Å². The van der Waals surface area contributed by atoms with Crippen LogP contribution < -0.4 is 5.73 Å². The first-order chi connectivity index (χ1) is 6.15. The Bertz CT molecular complexity index is 294. The summed E-state index contributed by atoms with van der Waals surface area (Å²) in [6.45, 7) is 4.93. The molecule has 0 aliphatic heterocycles. The van der Waals surface area contributed by atoms with Gasteiger partial charge in [-0.3, -0.25) is 4.79 Å². The highest BCUT2D eigenvalue weighted by molar-refractivity contribution is 7.16. The summed E-state index contributed by atoms with van der Waals surface area (Å²) in [5.41, 5.74) is 6.65. The molecule has 3 nitrogen and oxygen atoms in total. The standard InChI is InChI=1S/C9H13NO2S/c1-6(2)8-3-7(4-12-5-11)9(10)13-8/h3,5-6H,4,10H2,1-2H3. The lowest BCUT2D eigenvalue weighted by atomic mass is 10.1. The van der Waals surface area contributed by atoms with Crippen molar-refractivity contribution in [2.75, 3.05) is 5.73 Å². The van der Waals surface area contributed by atoms with E-state index >= 15 is 0 Å². The average molecular weight is 199 g/mol. The molecule has 1 rings (SSSR count). The third kappa shape index (κ3) is 2.45. The van der Waals surface area contributed by atoms with Gasteiger partial charge in [-0.15, -0.1) is 11.3 Å². The molecule has 0 aromatic carbocycles. The van der Waals surface area contributed by atoms with Gasteiger partial charge in [0.1, 0.15) is 6.61 Å². The van der Waals surface area contributed by atoms with Gasteiger partial charge >= 0.3 is 0 Å². The molecule has 1 aromatic rings. The molecule has 1 aromatic heterocycles. The van der Waals surface area contributed by atoms with Gasteiger partial charge in [-0.2, -0.15) is 0 Å². The van der Waals surface area contributed by atoms with Crippen LogP contribution in [0, 0.1) is 0 Å². The van der Waals surface area contributed by atoms with Crippen LogP contribution in [0.3, 0.4) is 0 Å². The second kappa shape index (κ2) is 4.28. The molecular weight excluding hydrogens is 186 g/mol. The number of ether oxygens (including phenoxy) is 1. The van der Waals surface area contributed by atoms with E-state index in [1.165, 1.54) is 4.88 Å². The molecule has 0 atom stereocenters. The molecule has 0 spiro atoms. The molecule has 0 amide bonds. The number of thiophene rings is 1. The lowest BCUT2D eigenvalue weighted by molar-refractivity contribution is -0.129. The van der Waals surface area contributed by atoms with E-state index in [2.05, 4.69) is 18.6 Å². The van der Waals surface area contributed by atoms with Gasteiger partial charge in [-0.05, 0) is 12.0 Å². The maximum Gasteiger partial charge on any atom is 0.293 e. The van der Waals surface area contributed by atoms with Crippen LogP contribution in [-0.4, -0.2) is 6.47 Å². The van der Waals surface area contributed by atoms with Crippen LogP contribution in [0.15, 0.2) is 6.07 Å². The van der Waals surface area contributed by atoms with Gasteiger partial charge in [0.15, 0.2) is 0 Å². The van der Waals surface area contributed by atoms with Crippen molar-refractivity contribution in [1.29, 1.82) is 0 Å². The number of rotatable bonds is 4. The van der Waals surface area contributed by atoms with E-state index in [4.69, 9.17) is 5.73 Å². The van der Waals surface area contributed by atoms with Gasteiger partial charge in [-0.25, -0.2) is 0 Å². The van der Waals surface area contributed by atoms with Crippen LogP contribution in [0.2, 0.25) is 0 Å². The Morgan fingerprint density at radius 2 is 2.38 bits per heavy atom. The van der Waals surface area contributed by atoms with Crippen molar-refractivity contribution in [3.05, 3.63) is 16.5 Å². The number of carbonyl (C=O) groups is 1. The average Bonchev–Trinajstić information content (AvgIpc) is 2.44. The van der Waals surface area contributed by atoms with Crippen molar-refractivity contribution in [1.82, 2.24) is 0 Å². The quantitative estimate of drug-likeness (QED) is 0.756. The van der Waals surface area contributed by atoms with Gasteiger partial charge < -0.3 is 10.5 Å². The summed E-state index contributed by atoms with van der Waals surface area (Å²) in [4.78, 5) is 11.2. The van der Waals surface area contributed by atoms with Crippen LogP contribution in [0.5, 0.6) is 0 Å². The van der Waals surface area contributed by atoms with Crippen LogP contribution >= 0.6 is 11.3 Å². The van der Waals surface area contributed by atoms with Crippen LogP contribution in [0.25, 0.3) is 0 Å². The van der Waals surface area contributed by atoms with E-state index in [1.807, 2.05) is 6.07 Å². The number of anilines is 1. The first-order valence-electron chi connectivity index (χ1n) is 4.08. The maximum atomic E-state index is 9.97. The molecule has 2 N–H and O–H groups in total. The molecule has 0 bridgehead atoms. The zero-order chi connectivity index (χ0) is 9.84. The minimum Gasteiger partial charge on any atom is -0.463 e. The van der Waals surface area contributed by atoms with Crippen molar-refractivity contribution in [2.24, 2.45) is 0 Å². The first-order valence-corrected chi connectivity index (χ1v) is 4.90. The first kappa shape index (κ1) is 10.1. The SMILES string of the molecule is CC(C)c1cc(COC=O)c(N)s1. The summed E-state index contributed by atoms with van der Waals surface area (Å²) in [6.07, 6.45) is 0. The Morgan fingerprint density at radius 3 is 2.85 bits per heavy atom. The Labute approximate surface area is 81.5 Å². The molecule has 72 valence electrons. The largest absolute Gasteiger partial charge is 0.463 e. The molecule has 0 saturated heterocycles. The van der Waals surface area contributed by atoms with Gasteiger partial charge in [0.25, 0.3) is 6.47 Å². The van der Waals surface area contributed by atoms with E-state index in [-0.39, 0.29) is 6.61 Å². The van der Waals surface area contributed by atoms with E-state index in [9.17, 15) is 4.79 Å². The molecule has 13 heavy (non-hydrogen) atoms. The molecule has 0 aliphatic rings. The molecule has 0 aliphatic carbocycles. The van der Waals surface area contributed by atoms with E-state index in [0.29, 0.717) is 12.4 Å². The second-order valence-electron chi connectivity index (χ2n) is 3.10. The summed E-state index contributed by atoms with van der Waals surface area (Å²) < 4.78 is 4.64. The number of nitrogens with two attached hydrogens (primary N) is 1. The predicted molar refractivity (Wildman–Crippen MR) is 53.7 cm³/mol. The summed E-state index contributed by atoms with van der Waals surface area (Å²) >= 11 is 1.55. The van der Waals surface area contributed by atoms with Gasteiger partial charge in [0, 0.05) is 10.4 Å². The lowest BCUT2D eigenvalue weighted by Crippen LogP contribution is -1.92. The Kier molecular flexibility index (Phi) is 3.31. The van der Waals surface area contributed by atoms with Crippen molar-refractivity contribution in [3.8, 4) is 0 Å². The minimum atomic E-state index is 0.276. The molecule has 4 heteroatoms. The van der Waals surface area contributed by atoms with Gasteiger partial charge in [0.05, 0.1) is 5.00 Å². The second-order valence-corrected chi connectivity index (χ2v) is 4.22. The number of hydrogen-bond acceptors (Lipinski definition) is 4. The summed E-state index contributed by atoms with van der Waals surface area (Å²) in [5, 5.41) is 0.741. The Hall–Kier alpha value is -1.03. The molecule has 1 heterocycles. The number of carbonyl (C=O) groups excluding carboxylic acids is 1. The maximum absolute atomic E-state index is 9.97. The molecule has 0 saturated carbocycles. The monoisotopic (exact) mass is 199 g/mol. The Morgan fingerprint density at radius 1 is 1.69 bits per heavy atom. The van der Waals surface area contributed by atoms with Crippen LogP contribution in [-0.2, 0) is 16.1 Å². The van der Waals surface area contributed by atoms with Crippen molar-refractivity contribution < 1.29 is 9.53 Å². The van der Waals surface area contributed by atoms with Crippen molar-refractivity contribution in [3.63, 3.8) is 0 Å². The zero-order valence-corrected chi connectivity index (χ0v) is 8.56. The van der Waals surface area contributed by atoms with E-state index in [1.54, 1.807) is 11.3 Å². The van der Waals surface area contributed by atoms with Gasteiger partial charge in [0.2, 0.25) is 0 Å². The fourth-order valence-electron chi connectivity index (χ4n) is 0.986. The smallest absolute Gasteiger partial charge is 0.293 e. The van der Waals surface area contributed by atoms with Crippen LogP contribution in [0.4, 0.5) is 5.00 Å². The highest BCUT2D eigenvalue weighted by Crippen LogP contribution is 2.30. The fourth-order valence-corrected chi connectivity index (χ4v) is 1.93. The highest BCUT2D eigenvalue weighted by atomic mass is 32.1. The molecule has 0 radical (unpaired) electrons. The van der Waals surface area contributed by atoms with Crippen molar-refractivity contribution in [2.45, 2.75) is 26.4 Å². The van der Waals surface area contributed by atoms with E-state index in [0.717, 1.165) is 10.6 Å². The topological polar surface area (TPSA) is 52.3 Å². The van der Waals surface area contributed by atoms with E-state index < -0.39 is 0 Å². The summed E-state index contributed by atoms with van der Waals surface area (Å²) in [7, 11) is 0. The normalized spacial score (nSPS) is 10.4. The minimum absolute atomic E-state index is 0.276. The predicted octanol–water partition coefficient (Wildman–Crippen LogP) is 2.13. The number of hydrogen-bond donors (Lipinski definition) is 1. The summed E-state index contributed by atoms with van der Waals surface area (Å²) in [5.74, 6) is 0.470. The highest BCUT2D eigenvalue weighted by Gasteiger charge is 2.08. The fraction of sp³-hybridized carbons (Fsp3) is 0.444. The van der Waals surface area contributed by atoms with Crippen LogP contribution in [0.1, 0.15) is 30.2 Å². The molecule has 0 fully saturated rings. The third-order valence-electron chi connectivity index (χ3n) is 1.74. The third-order valence-corrected chi connectivity index (χ3v) is 3.04.